The van der Waals surface area contributed by atoms with Crippen LogP contribution in [0.3, 0.4) is 0 Å². The summed E-state index contributed by atoms with van der Waals surface area (Å²) in [6.07, 6.45) is 1.73. The molecule has 0 amide bonds. The van der Waals surface area contributed by atoms with Crippen LogP contribution in [0.2, 0.25) is 0 Å². The molecule has 0 saturated heterocycles. The highest BCUT2D eigenvalue weighted by atomic mass is 19.3. The maximum atomic E-state index is 12.3. The summed E-state index contributed by atoms with van der Waals surface area (Å²) in [4.78, 5) is 0. The second-order valence-electron chi connectivity index (χ2n) is 4.22. The Hall–Kier alpha value is -2.38. The van der Waals surface area contributed by atoms with Crippen molar-refractivity contribution in [1.82, 2.24) is 15.0 Å². The third-order valence-electron chi connectivity index (χ3n) is 2.60. The predicted octanol–water partition coefficient (Wildman–Crippen LogP) is 2.43. The lowest BCUT2D eigenvalue weighted by atomic mass is 10.2. The summed E-state index contributed by atoms with van der Waals surface area (Å²) in [5.74, 6) is 0.940. The highest BCUT2D eigenvalue weighted by Gasteiger charge is 2.11. The molecule has 6 nitrogen and oxygen atoms in total. The van der Waals surface area contributed by atoms with Crippen LogP contribution in [0.1, 0.15) is 12.5 Å². The number of nitrogens with one attached hydrogen (secondary N) is 1. The van der Waals surface area contributed by atoms with Gasteiger partial charge in [0.2, 0.25) is 0 Å². The van der Waals surface area contributed by atoms with Crippen molar-refractivity contribution in [3.63, 3.8) is 0 Å². The van der Waals surface area contributed by atoms with Crippen LogP contribution in [-0.4, -0.2) is 28.2 Å². The molecule has 0 radical (unpaired) electrons. The maximum absolute atomic E-state index is 12.3. The van der Waals surface area contributed by atoms with Crippen LogP contribution in [0, 0.1) is 0 Å². The summed E-state index contributed by atoms with van der Waals surface area (Å²) in [6, 6.07) is 4.80. The number of hydrogen-bond donors (Lipinski definition) is 1. The maximum Gasteiger partial charge on any atom is 0.387 e. The molecule has 0 aliphatic rings. The van der Waals surface area contributed by atoms with Gasteiger partial charge in [0, 0.05) is 13.6 Å². The number of halogens is 2. The van der Waals surface area contributed by atoms with E-state index in [2.05, 4.69) is 20.4 Å². The Balaban J connectivity index is 2.07. The van der Waals surface area contributed by atoms with E-state index in [0.717, 1.165) is 5.56 Å². The zero-order chi connectivity index (χ0) is 15.2. The van der Waals surface area contributed by atoms with Gasteiger partial charge in [-0.15, -0.1) is 5.10 Å². The smallest absolute Gasteiger partial charge is 0.387 e. The van der Waals surface area contributed by atoms with E-state index in [9.17, 15) is 8.78 Å². The van der Waals surface area contributed by atoms with Gasteiger partial charge in [0.15, 0.2) is 17.3 Å². The second kappa shape index (κ2) is 6.87. The fraction of sp³-hybridized carbons (Fsp3) is 0.385. The van der Waals surface area contributed by atoms with E-state index in [1.807, 2.05) is 0 Å². The van der Waals surface area contributed by atoms with E-state index in [1.54, 1.807) is 37.0 Å². The lowest BCUT2D eigenvalue weighted by Gasteiger charge is -2.13. The average Bonchev–Trinajstić information content (AvgIpc) is 2.84. The average molecular weight is 298 g/mol. The largest absolute Gasteiger partial charge is 0.490 e. The van der Waals surface area contributed by atoms with E-state index >= 15 is 0 Å². The van der Waals surface area contributed by atoms with Crippen LogP contribution in [-0.2, 0) is 13.6 Å². The molecule has 1 aromatic carbocycles. The molecular formula is C13H16F2N4O2. The quantitative estimate of drug-likeness (QED) is 0.850. The first-order valence-corrected chi connectivity index (χ1v) is 6.39. The molecule has 1 N–H and O–H groups in total. The number of aryl methyl sites for hydroxylation is 1. The Labute approximate surface area is 120 Å². The molecule has 0 bridgehead atoms. The number of ether oxygens (including phenoxy) is 2. The number of aromatic nitrogens is 3. The summed E-state index contributed by atoms with van der Waals surface area (Å²) in [5, 5.41) is 10.8. The van der Waals surface area contributed by atoms with Crippen LogP contribution < -0.4 is 14.8 Å². The molecule has 0 aliphatic heterocycles. The first-order valence-electron chi connectivity index (χ1n) is 6.39. The van der Waals surface area contributed by atoms with E-state index < -0.39 is 6.61 Å². The van der Waals surface area contributed by atoms with Gasteiger partial charge in [-0.2, -0.15) is 8.78 Å². The lowest BCUT2D eigenvalue weighted by molar-refractivity contribution is -0.0514. The van der Waals surface area contributed by atoms with Gasteiger partial charge in [0.05, 0.1) is 12.8 Å². The molecule has 2 aromatic rings. The molecular weight excluding hydrogens is 282 g/mol. The summed E-state index contributed by atoms with van der Waals surface area (Å²) in [5.41, 5.74) is 0.853. The lowest BCUT2D eigenvalue weighted by Crippen LogP contribution is -2.06. The molecule has 0 spiro atoms. The topological polar surface area (TPSA) is 61.2 Å². The molecule has 0 atom stereocenters. The van der Waals surface area contributed by atoms with Gasteiger partial charge in [0.25, 0.3) is 0 Å². The number of benzene rings is 1. The summed E-state index contributed by atoms with van der Waals surface area (Å²) in [6.45, 7) is -0.280. The van der Waals surface area contributed by atoms with E-state index in [0.29, 0.717) is 19.0 Å². The number of rotatable bonds is 7. The predicted molar refractivity (Wildman–Crippen MR) is 72.6 cm³/mol. The first kappa shape index (κ1) is 15.0. The molecule has 2 rings (SSSR count). The molecule has 1 heterocycles. The van der Waals surface area contributed by atoms with Crippen molar-refractivity contribution in [2.45, 2.75) is 20.1 Å². The van der Waals surface area contributed by atoms with E-state index in [1.165, 1.54) is 6.07 Å². The SMILES string of the molecule is CCOc1cc(CNc2cn(C)nn2)ccc1OC(F)F. The van der Waals surface area contributed by atoms with Crippen LogP contribution in [0.25, 0.3) is 0 Å². The summed E-state index contributed by atoms with van der Waals surface area (Å²) >= 11 is 0. The summed E-state index contributed by atoms with van der Waals surface area (Å²) in [7, 11) is 1.77. The van der Waals surface area contributed by atoms with Crippen molar-refractivity contribution in [2.24, 2.45) is 7.05 Å². The second-order valence-corrected chi connectivity index (χ2v) is 4.22. The van der Waals surface area contributed by atoms with Crippen molar-refractivity contribution in [2.75, 3.05) is 11.9 Å². The Morgan fingerprint density at radius 1 is 1.33 bits per heavy atom. The number of alkyl halides is 2. The minimum absolute atomic E-state index is 0.0232. The zero-order valence-electron chi connectivity index (χ0n) is 11.7. The van der Waals surface area contributed by atoms with Gasteiger partial charge in [0.1, 0.15) is 0 Å². The van der Waals surface area contributed by atoms with E-state index in [-0.39, 0.29) is 11.5 Å². The Kier molecular flexibility index (Phi) is 4.91. The molecule has 0 saturated carbocycles. The molecule has 1 aromatic heterocycles. The Bertz CT molecular complexity index is 589. The number of nitrogens with zero attached hydrogens (tertiary/aromatic N) is 3. The van der Waals surface area contributed by atoms with Crippen LogP contribution in [0.5, 0.6) is 11.5 Å². The molecule has 21 heavy (non-hydrogen) atoms. The van der Waals surface area contributed by atoms with Gasteiger partial charge in [-0.3, -0.25) is 4.68 Å². The van der Waals surface area contributed by atoms with Crippen molar-refractivity contribution in [3.8, 4) is 11.5 Å². The van der Waals surface area contributed by atoms with Gasteiger partial charge in [-0.05, 0) is 24.6 Å². The summed E-state index contributed by atoms with van der Waals surface area (Å²) < 4.78 is 35.9. The third-order valence-corrected chi connectivity index (χ3v) is 2.60. The minimum atomic E-state index is -2.88. The van der Waals surface area contributed by atoms with Crippen molar-refractivity contribution < 1.29 is 18.3 Å². The van der Waals surface area contributed by atoms with Gasteiger partial charge in [-0.1, -0.05) is 11.3 Å². The fourth-order valence-electron chi connectivity index (χ4n) is 1.75. The van der Waals surface area contributed by atoms with E-state index in [4.69, 9.17) is 4.74 Å². The Morgan fingerprint density at radius 2 is 2.14 bits per heavy atom. The van der Waals surface area contributed by atoms with Crippen LogP contribution in [0.4, 0.5) is 14.6 Å². The van der Waals surface area contributed by atoms with Crippen molar-refractivity contribution in [1.29, 1.82) is 0 Å². The third kappa shape index (κ3) is 4.30. The highest BCUT2D eigenvalue weighted by Crippen LogP contribution is 2.30. The van der Waals surface area contributed by atoms with Gasteiger partial charge in [-0.25, -0.2) is 0 Å². The molecule has 114 valence electrons. The molecule has 0 unspecified atom stereocenters. The number of hydrogen-bond acceptors (Lipinski definition) is 5. The molecule has 8 heteroatoms. The normalized spacial score (nSPS) is 10.7. The van der Waals surface area contributed by atoms with Gasteiger partial charge < -0.3 is 14.8 Å². The highest BCUT2D eigenvalue weighted by molar-refractivity contribution is 5.44. The fourth-order valence-corrected chi connectivity index (χ4v) is 1.75. The standard InChI is InChI=1S/C13H16F2N4O2/c1-3-20-11-6-9(4-5-10(11)21-13(14)15)7-16-12-8-19(2)18-17-12/h4-6,8,13,16H,3,7H2,1-2H3. The minimum Gasteiger partial charge on any atom is -0.490 e. The monoisotopic (exact) mass is 298 g/mol. The molecule has 0 fully saturated rings. The van der Waals surface area contributed by atoms with Crippen LogP contribution >= 0.6 is 0 Å². The van der Waals surface area contributed by atoms with Crippen molar-refractivity contribution >= 4 is 5.82 Å². The zero-order valence-corrected chi connectivity index (χ0v) is 11.7. The van der Waals surface area contributed by atoms with Gasteiger partial charge >= 0.3 is 6.61 Å². The Morgan fingerprint density at radius 3 is 2.76 bits per heavy atom. The van der Waals surface area contributed by atoms with Crippen LogP contribution in [0.15, 0.2) is 24.4 Å². The number of anilines is 1. The molecule has 0 aliphatic carbocycles. The first-order chi connectivity index (χ1) is 10.1. The van der Waals surface area contributed by atoms with Crippen molar-refractivity contribution in [3.05, 3.63) is 30.0 Å².